The van der Waals surface area contributed by atoms with E-state index < -0.39 is 16.9 Å². The Hall–Kier alpha value is -2.45. The third kappa shape index (κ3) is 3.64. The number of benzene rings is 1. The molecule has 0 radical (unpaired) electrons. The lowest BCUT2D eigenvalue weighted by molar-refractivity contribution is -0.384. The average Bonchev–Trinajstić information content (AvgIpc) is 3.25. The van der Waals surface area contributed by atoms with Crippen molar-refractivity contribution in [1.82, 2.24) is 4.90 Å². The van der Waals surface area contributed by atoms with Crippen molar-refractivity contribution in [2.24, 2.45) is 0 Å². The fraction of sp³-hybridized carbons (Fsp3) is 0.250. The van der Waals surface area contributed by atoms with Gasteiger partial charge in [-0.1, -0.05) is 17.7 Å². The summed E-state index contributed by atoms with van der Waals surface area (Å²) in [7, 11) is 0. The van der Waals surface area contributed by atoms with Crippen molar-refractivity contribution in [1.29, 1.82) is 0 Å². The third-order valence-corrected chi connectivity index (χ3v) is 5.01. The van der Waals surface area contributed by atoms with Gasteiger partial charge in [-0.25, -0.2) is 4.79 Å². The standard InChI is InChI=1S/C16H13ClN2O5S/c17-11-9-10(5-6-12(11)19(22)23)24-16(21)13-3-1-7-18(13)15(20)14-4-2-8-25-14/h2,4-6,8-9,13H,1,3,7H2/t13-/m0/s1. The number of ether oxygens (including phenoxy) is 1. The normalized spacial score (nSPS) is 16.7. The largest absolute Gasteiger partial charge is 0.425 e. The van der Waals surface area contributed by atoms with Crippen molar-refractivity contribution < 1.29 is 19.2 Å². The first-order valence-corrected chi connectivity index (χ1v) is 8.73. The van der Waals surface area contributed by atoms with Crippen LogP contribution in [0.15, 0.2) is 35.7 Å². The van der Waals surface area contributed by atoms with Gasteiger partial charge in [-0.2, -0.15) is 0 Å². The summed E-state index contributed by atoms with van der Waals surface area (Å²) in [5, 5.41) is 12.4. The fourth-order valence-corrected chi connectivity index (χ4v) is 3.60. The lowest BCUT2D eigenvalue weighted by atomic mass is 10.2. The SMILES string of the molecule is O=C(Oc1ccc([N+](=O)[O-])c(Cl)c1)[C@@H]1CCCN1C(=O)c1cccs1. The minimum absolute atomic E-state index is 0.107. The summed E-state index contributed by atoms with van der Waals surface area (Å²) < 4.78 is 5.28. The number of hydrogen-bond acceptors (Lipinski definition) is 6. The molecule has 0 N–H and O–H groups in total. The second kappa shape index (κ2) is 7.20. The molecular weight excluding hydrogens is 368 g/mol. The van der Waals surface area contributed by atoms with E-state index in [1.54, 1.807) is 17.5 Å². The van der Waals surface area contributed by atoms with Crippen molar-refractivity contribution in [2.75, 3.05) is 6.54 Å². The second-order valence-corrected chi connectivity index (χ2v) is 6.78. The van der Waals surface area contributed by atoms with E-state index in [2.05, 4.69) is 0 Å². The summed E-state index contributed by atoms with van der Waals surface area (Å²) in [6.07, 6.45) is 1.22. The van der Waals surface area contributed by atoms with Gasteiger partial charge in [0, 0.05) is 18.7 Å². The molecule has 2 aromatic rings. The fourth-order valence-electron chi connectivity index (χ4n) is 2.68. The molecule has 0 spiro atoms. The van der Waals surface area contributed by atoms with Gasteiger partial charge in [-0.15, -0.1) is 11.3 Å². The van der Waals surface area contributed by atoms with Crippen LogP contribution in [-0.2, 0) is 4.79 Å². The molecule has 3 rings (SSSR count). The van der Waals surface area contributed by atoms with Gasteiger partial charge in [0.15, 0.2) is 0 Å². The molecular formula is C16H13ClN2O5S. The number of nitrogens with zero attached hydrogens (tertiary/aromatic N) is 2. The number of carbonyl (C=O) groups excluding carboxylic acids is 2. The van der Waals surface area contributed by atoms with E-state index in [0.29, 0.717) is 24.3 Å². The molecule has 1 amide bonds. The molecule has 1 saturated heterocycles. The Balaban J connectivity index is 1.73. The predicted molar refractivity (Wildman–Crippen MR) is 92.1 cm³/mol. The van der Waals surface area contributed by atoms with E-state index in [4.69, 9.17) is 16.3 Å². The summed E-state index contributed by atoms with van der Waals surface area (Å²) in [4.78, 5) is 37.1. The summed E-state index contributed by atoms with van der Waals surface area (Å²) in [6, 6.07) is 6.52. The number of amides is 1. The van der Waals surface area contributed by atoms with E-state index in [1.807, 2.05) is 0 Å². The zero-order valence-electron chi connectivity index (χ0n) is 12.9. The molecule has 7 nitrogen and oxygen atoms in total. The number of thiophene rings is 1. The number of nitro groups is 1. The number of nitro benzene ring substituents is 1. The Kier molecular flexibility index (Phi) is 5.00. The van der Waals surface area contributed by atoms with Crippen LogP contribution in [0, 0.1) is 10.1 Å². The van der Waals surface area contributed by atoms with Crippen LogP contribution in [0.4, 0.5) is 5.69 Å². The summed E-state index contributed by atoms with van der Waals surface area (Å²) in [5.41, 5.74) is -0.267. The van der Waals surface area contributed by atoms with Gasteiger partial charge in [0.25, 0.3) is 11.6 Å². The van der Waals surface area contributed by atoms with Crippen LogP contribution in [0.2, 0.25) is 5.02 Å². The maximum Gasteiger partial charge on any atom is 0.334 e. The van der Waals surface area contributed by atoms with Gasteiger partial charge < -0.3 is 9.64 Å². The van der Waals surface area contributed by atoms with E-state index >= 15 is 0 Å². The van der Waals surface area contributed by atoms with Crippen molar-refractivity contribution >= 4 is 40.5 Å². The van der Waals surface area contributed by atoms with Gasteiger partial charge in [0.2, 0.25) is 0 Å². The predicted octanol–water partition coefficient (Wildman–Crippen LogP) is 3.52. The first-order chi connectivity index (χ1) is 12.0. The number of halogens is 1. The van der Waals surface area contributed by atoms with Crippen LogP contribution >= 0.6 is 22.9 Å². The number of likely N-dealkylation sites (tertiary alicyclic amines) is 1. The number of carbonyl (C=O) groups is 2. The topological polar surface area (TPSA) is 89.8 Å². The minimum Gasteiger partial charge on any atom is -0.425 e. The summed E-state index contributed by atoms with van der Waals surface area (Å²) in [6.45, 7) is 0.484. The number of esters is 1. The highest BCUT2D eigenvalue weighted by molar-refractivity contribution is 7.12. The smallest absolute Gasteiger partial charge is 0.334 e. The van der Waals surface area contributed by atoms with Gasteiger partial charge in [0.05, 0.1) is 9.80 Å². The van der Waals surface area contributed by atoms with Gasteiger partial charge >= 0.3 is 5.97 Å². The monoisotopic (exact) mass is 380 g/mol. The quantitative estimate of drug-likeness (QED) is 0.350. The highest BCUT2D eigenvalue weighted by Crippen LogP contribution is 2.29. The Morgan fingerprint density at radius 1 is 1.36 bits per heavy atom. The van der Waals surface area contributed by atoms with Crippen LogP contribution in [0.3, 0.4) is 0 Å². The molecule has 1 atom stereocenters. The Labute approximate surface area is 151 Å². The van der Waals surface area contributed by atoms with Gasteiger partial charge in [-0.3, -0.25) is 14.9 Å². The molecule has 0 saturated carbocycles. The molecule has 2 heterocycles. The molecule has 1 aromatic carbocycles. The highest BCUT2D eigenvalue weighted by atomic mass is 35.5. The number of hydrogen-bond donors (Lipinski definition) is 0. The lowest BCUT2D eigenvalue weighted by Gasteiger charge is -2.22. The van der Waals surface area contributed by atoms with Crippen LogP contribution < -0.4 is 4.74 Å². The summed E-state index contributed by atoms with van der Waals surface area (Å²) in [5.74, 6) is -0.667. The van der Waals surface area contributed by atoms with Crippen molar-refractivity contribution in [3.63, 3.8) is 0 Å². The first kappa shape index (κ1) is 17.4. The van der Waals surface area contributed by atoms with Gasteiger partial charge in [0.1, 0.15) is 16.8 Å². The highest BCUT2D eigenvalue weighted by Gasteiger charge is 2.36. The summed E-state index contributed by atoms with van der Waals surface area (Å²) >= 11 is 7.14. The molecule has 1 aromatic heterocycles. The molecule has 0 bridgehead atoms. The molecule has 9 heteroatoms. The van der Waals surface area contributed by atoms with Crippen LogP contribution in [-0.4, -0.2) is 34.3 Å². The average molecular weight is 381 g/mol. The maximum atomic E-state index is 12.5. The molecule has 130 valence electrons. The molecule has 1 aliphatic rings. The van der Waals surface area contributed by atoms with Crippen molar-refractivity contribution in [3.8, 4) is 5.75 Å². The lowest BCUT2D eigenvalue weighted by Crippen LogP contribution is -2.42. The molecule has 1 fully saturated rings. The number of rotatable bonds is 4. The van der Waals surface area contributed by atoms with Gasteiger partial charge in [-0.05, 0) is 30.4 Å². The first-order valence-electron chi connectivity index (χ1n) is 7.47. The Morgan fingerprint density at radius 3 is 2.80 bits per heavy atom. The molecule has 1 aliphatic heterocycles. The zero-order valence-corrected chi connectivity index (χ0v) is 14.5. The van der Waals surface area contributed by atoms with Crippen LogP contribution in [0.25, 0.3) is 0 Å². The molecule has 0 unspecified atom stereocenters. The third-order valence-electron chi connectivity index (χ3n) is 3.85. The van der Waals surface area contributed by atoms with Crippen molar-refractivity contribution in [2.45, 2.75) is 18.9 Å². The van der Waals surface area contributed by atoms with E-state index in [-0.39, 0.29) is 22.4 Å². The van der Waals surface area contributed by atoms with E-state index in [9.17, 15) is 19.7 Å². The van der Waals surface area contributed by atoms with Crippen LogP contribution in [0.1, 0.15) is 22.5 Å². The van der Waals surface area contributed by atoms with Crippen molar-refractivity contribution in [3.05, 3.63) is 55.7 Å². The molecule has 0 aliphatic carbocycles. The second-order valence-electron chi connectivity index (χ2n) is 5.43. The van der Waals surface area contributed by atoms with E-state index in [1.165, 1.54) is 34.4 Å². The van der Waals surface area contributed by atoms with Crippen LogP contribution in [0.5, 0.6) is 5.75 Å². The maximum absolute atomic E-state index is 12.5. The Morgan fingerprint density at radius 2 is 2.16 bits per heavy atom. The Bertz CT molecular complexity index is 824. The van der Waals surface area contributed by atoms with E-state index in [0.717, 1.165) is 0 Å². The minimum atomic E-state index is -0.677. The molecule has 25 heavy (non-hydrogen) atoms. The zero-order chi connectivity index (χ0) is 18.0.